The van der Waals surface area contributed by atoms with Crippen LogP contribution in [0.3, 0.4) is 0 Å². The number of hydrogen-bond donors (Lipinski definition) is 11. The molecule has 63 heavy (non-hydrogen) atoms. The number of aromatic nitrogens is 2. The van der Waals surface area contributed by atoms with Crippen molar-refractivity contribution < 1.29 is 79.2 Å². The van der Waals surface area contributed by atoms with Crippen molar-refractivity contribution in [3.05, 3.63) is 68.2 Å². The molecular formula is C43H50N4O16. The van der Waals surface area contributed by atoms with Crippen LogP contribution in [0.1, 0.15) is 117 Å². The first kappa shape index (κ1) is 47.1. The van der Waals surface area contributed by atoms with Gasteiger partial charge in [-0.1, -0.05) is 13.8 Å². The molecule has 0 aromatic carbocycles. The van der Waals surface area contributed by atoms with Gasteiger partial charge in [0.15, 0.2) is 0 Å². The number of aromatic amines is 2. The summed E-state index contributed by atoms with van der Waals surface area (Å²) >= 11 is 0. The molecule has 3 aliphatic heterocycles. The largest absolute Gasteiger partial charge is 0.481 e. The van der Waals surface area contributed by atoms with E-state index in [1.807, 2.05) is 0 Å². The van der Waals surface area contributed by atoms with Gasteiger partial charge in [0, 0.05) is 94.7 Å². The molecule has 338 valence electrons. The first-order chi connectivity index (χ1) is 29.4. The molecule has 0 radical (unpaired) electrons. The highest BCUT2D eigenvalue weighted by Gasteiger charge is 2.51. The number of nitrogens with one attached hydrogen (secondary N) is 3. The van der Waals surface area contributed by atoms with Crippen LogP contribution in [0.2, 0.25) is 0 Å². The van der Waals surface area contributed by atoms with Gasteiger partial charge in [-0.25, -0.2) is 0 Å². The minimum absolute atomic E-state index is 0.122. The van der Waals surface area contributed by atoms with Gasteiger partial charge < -0.3 is 56.1 Å². The van der Waals surface area contributed by atoms with Crippen molar-refractivity contribution in [1.29, 1.82) is 0 Å². The standard InChI is InChI=1S/C43H50N4O16/c1-19-40-23(13-37(58)59)21(5-9-33(50)51)27(46-40)14-26-20(4-8-32(48)49)22(12-36(56)57)28(44-26)15-29-24(6-10-34(52)53)42(2,17-38(60)61)31(45-29)16-30-25(7-11-35(54)55)43(3,18-39(62)63)41(19)47-30/h15-16,24-25,44-46H,4-14,17-18H2,1-3H3,(H,48,49)(H,50,51)(H,52,53)(H,54,55)(H,56,57)(H,58,59)(H,60,61)(H,62,63)/b29-15-,31-16-,41-19-/t24-,25-,42+,43+/m1/s1/i32+1,33+1,34+1,35+1,36+1,37+1,38+1,39+1,48+2,49+2,50+2,51+2,52+2,53+2,54+2,55+2,56+2,57+2,58+2,59+2,60+2,61+2,62+2,63+2. The summed E-state index contributed by atoms with van der Waals surface area (Å²) in [5.41, 5.74) is -0.129. The summed E-state index contributed by atoms with van der Waals surface area (Å²) in [6.45, 7) is 4.74. The molecule has 4 atom stereocenters. The van der Waals surface area contributed by atoms with Gasteiger partial charge in [-0.3, -0.25) is 43.3 Å². The van der Waals surface area contributed by atoms with Crippen molar-refractivity contribution in [2.24, 2.45) is 27.7 Å². The molecule has 20 heteroatoms. The zero-order valence-electron chi connectivity index (χ0n) is 34.8. The Hall–Kier alpha value is -6.99. The fourth-order valence-electron chi connectivity index (χ4n) is 9.66. The summed E-state index contributed by atoms with van der Waals surface area (Å²) in [5.74, 6) is -11.8. The molecule has 2 aromatic heterocycles. The molecule has 1 fully saturated rings. The molecule has 0 aliphatic carbocycles. The summed E-state index contributed by atoms with van der Waals surface area (Å²) in [5, 5.41) is 83.5. The van der Waals surface area contributed by atoms with Crippen molar-refractivity contribution in [3.8, 4) is 0 Å². The van der Waals surface area contributed by atoms with Gasteiger partial charge in [0.1, 0.15) is 0 Å². The molecule has 2 aromatic rings. The molecule has 5 rings (SSSR count). The third-order valence-corrected chi connectivity index (χ3v) is 12.4. The first-order valence-electron chi connectivity index (χ1n) is 20.2. The maximum Gasteiger partial charge on any atom is 0.307 e. The maximum absolute atomic E-state index is 12.7. The molecule has 11 N–H and O–H groups in total. The Morgan fingerprint density at radius 2 is 1.10 bits per heavy atom. The van der Waals surface area contributed by atoms with Crippen molar-refractivity contribution in [2.45, 2.75) is 104 Å². The zero-order chi connectivity index (χ0) is 46.7. The molecule has 0 amide bonds. The van der Waals surface area contributed by atoms with E-state index in [-0.39, 0.29) is 106 Å². The van der Waals surface area contributed by atoms with Crippen LogP contribution in [-0.2, 0) is 70.5 Å². The first-order valence-corrected chi connectivity index (χ1v) is 20.2. The molecule has 0 saturated carbocycles. The van der Waals surface area contributed by atoms with Gasteiger partial charge >= 0.3 is 47.8 Å². The molecule has 1 saturated heterocycles. The topological polar surface area (TPSA) is 354 Å². The van der Waals surface area contributed by atoms with E-state index in [0.717, 1.165) is 0 Å². The van der Waals surface area contributed by atoms with E-state index in [2.05, 4.69) is 15.3 Å². The van der Waals surface area contributed by atoms with Crippen LogP contribution in [0.4, 0.5) is 0 Å². The number of hydrogen-bond acceptors (Lipinski definition) is 10. The Labute approximate surface area is 359 Å². The van der Waals surface area contributed by atoms with E-state index in [9.17, 15) is 79.2 Å². The molecule has 8 bridgehead atoms. The Morgan fingerprint density at radius 3 is 1.62 bits per heavy atom. The number of carbonyl (C=O) groups is 8. The number of carboxylic acids is 8. The third-order valence-electron chi connectivity index (χ3n) is 12.4. The van der Waals surface area contributed by atoms with Crippen molar-refractivity contribution in [3.63, 3.8) is 0 Å². The summed E-state index contributed by atoms with van der Waals surface area (Å²) in [4.78, 5) is 110. The van der Waals surface area contributed by atoms with E-state index >= 15 is 0 Å². The van der Waals surface area contributed by atoms with Gasteiger partial charge in [-0.05, 0) is 72.6 Å². The lowest BCUT2D eigenvalue weighted by Crippen LogP contribution is -2.33. The summed E-state index contributed by atoms with van der Waals surface area (Å²) < 4.78 is 0. The predicted molar refractivity (Wildman–Crippen MR) is 220 cm³/mol. The van der Waals surface area contributed by atoms with Gasteiger partial charge in [-0.2, -0.15) is 0 Å². The molecular weight excluding hydrogens is 868 g/mol. The maximum atomic E-state index is 12.7. The van der Waals surface area contributed by atoms with Crippen LogP contribution < -0.4 is 5.32 Å². The summed E-state index contributed by atoms with van der Waals surface area (Å²) in [6, 6.07) is 0. The number of nitrogens with zero attached hydrogens (tertiary/aromatic N) is 1. The Morgan fingerprint density at radius 1 is 0.603 bits per heavy atom. The second-order valence-electron chi connectivity index (χ2n) is 16.8. The minimum Gasteiger partial charge on any atom is -0.481 e. The van der Waals surface area contributed by atoms with Crippen molar-refractivity contribution in [2.75, 3.05) is 0 Å². The Balaban J connectivity index is 2.00. The van der Waals surface area contributed by atoms with E-state index < -0.39 is 122 Å². The number of aliphatic imine (C=N–C) groups is 1. The molecule has 0 unspecified atom stereocenters. The normalized spacial score (nSPS) is 24.3. The van der Waals surface area contributed by atoms with Crippen molar-refractivity contribution in [1.82, 2.24) is 15.3 Å². The number of rotatable bonds is 20. The van der Waals surface area contributed by atoms with Gasteiger partial charge in [0.05, 0.1) is 31.4 Å². The number of aliphatic carboxylic acids is 8. The predicted octanol–water partition coefficient (Wildman–Crippen LogP) is 4.17. The highest BCUT2D eigenvalue weighted by molar-refractivity contribution is 6.03. The highest BCUT2D eigenvalue weighted by atomic mass is 18.3. The monoisotopic (exact) mass is 918 g/mol. The van der Waals surface area contributed by atoms with Crippen LogP contribution in [0.25, 0.3) is 11.6 Å². The SMILES string of the molecule is C/C1=C2N=C(/C=C3\N/C(=C\c4[nH]c(c(CC[13C](=[18O])[18OH])c4C[13C](=[18O])[18OH])Cc4[nH]c1c(C[13C](=[18O])[18OH])c4CC[13C](=[18O])[18OH])[C@@H](CC[13C](=[18O])[18OH])[C@]3(C)C[13C](=[18O])[18OH])[C@@H](CC[13C](=[18O])[18OH])[C@]/2(C)C[13C](=[18O])[18OH]. The Kier molecular flexibility index (Phi) is 13.9. The van der Waals surface area contributed by atoms with Gasteiger partial charge in [0.2, 0.25) is 0 Å². The number of H-pyrrole nitrogens is 2. The van der Waals surface area contributed by atoms with Crippen LogP contribution in [0.15, 0.2) is 28.2 Å². The molecule has 0 spiro atoms. The number of carboxylic acid groups (broad SMARTS) is 8. The lowest BCUT2D eigenvalue weighted by atomic mass is 9.70. The van der Waals surface area contributed by atoms with E-state index in [1.54, 1.807) is 20.8 Å². The molecule has 20 nitrogen and oxygen atoms in total. The number of fused-ring (bicyclic) bond motifs is 7. The average Bonchev–Trinajstić information content (AvgIpc) is 3.80. The quantitative estimate of drug-likeness (QED) is 0.0655. The molecule has 5 heterocycles. The van der Waals surface area contributed by atoms with Crippen LogP contribution in [0.5, 0.6) is 0 Å². The summed E-state index contributed by atoms with van der Waals surface area (Å²) in [7, 11) is 0. The number of allylic oxidation sites excluding steroid dienone is 5. The van der Waals surface area contributed by atoms with E-state index in [4.69, 9.17) is 4.99 Å². The van der Waals surface area contributed by atoms with Crippen LogP contribution in [0, 0.1) is 22.7 Å². The van der Waals surface area contributed by atoms with Crippen LogP contribution >= 0.6 is 0 Å². The van der Waals surface area contributed by atoms with Gasteiger partial charge in [0.25, 0.3) is 0 Å². The Bertz CT molecular complexity index is 2410. The fourth-order valence-corrected chi connectivity index (χ4v) is 9.66. The average molecular weight is 919 g/mol. The molecule has 3 aliphatic rings. The van der Waals surface area contributed by atoms with E-state index in [0.29, 0.717) is 0 Å². The van der Waals surface area contributed by atoms with Gasteiger partial charge in [-0.15, -0.1) is 0 Å². The lowest BCUT2D eigenvalue weighted by molar-refractivity contribution is -0.141. The smallest absolute Gasteiger partial charge is 0.307 e. The van der Waals surface area contributed by atoms with Crippen molar-refractivity contribution >= 4 is 65.1 Å². The second-order valence-corrected chi connectivity index (χ2v) is 16.8. The fraction of sp³-hybridized carbons (Fsp3) is 0.465. The third kappa shape index (κ3) is 10.2. The highest BCUT2D eigenvalue weighted by Crippen LogP contribution is 2.54. The van der Waals surface area contributed by atoms with E-state index in [1.165, 1.54) is 12.2 Å². The minimum atomic E-state index is -1.48. The zero-order valence-corrected chi connectivity index (χ0v) is 34.8. The van der Waals surface area contributed by atoms with Crippen LogP contribution in [-0.4, -0.2) is 104 Å². The summed E-state index contributed by atoms with van der Waals surface area (Å²) in [6.07, 6.45) is -2.00. The second kappa shape index (κ2) is 18.5. The lowest BCUT2D eigenvalue weighted by Gasteiger charge is -2.33.